The van der Waals surface area contributed by atoms with Crippen LogP contribution in [-0.2, 0) is 9.53 Å². The molecule has 2 rings (SSSR count). The smallest absolute Gasteiger partial charge is 0.266 e. The normalized spacial score (nSPS) is 10.9. The topological polar surface area (TPSA) is 63.8 Å². The molecule has 0 aliphatic heterocycles. The number of ether oxygens (including phenoxy) is 1. The minimum Gasteiger partial charge on any atom is -0.455 e. The van der Waals surface area contributed by atoms with E-state index < -0.39 is 0 Å². The number of amides is 1. The van der Waals surface area contributed by atoms with Crippen molar-refractivity contribution in [3.63, 3.8) is 0 Å². The second kappa shape index (κ2) is 6.88. The first-order valence-corrected chi connectivity index (χ1v) is 6.23. The van der Waals surface area contributed by atoms with Gasteiger partial charge in [0.05, 0.1) is 6.21 Å². The molecule has 0 fully saturated rings. The lowest BCUT2D eigenvalue weighted by Crippen LogP contribution is -2.22. The van der Waals surface area contributed by atoms with E-state index in [4.69, 9.17) is 16.0 Å². The Balaban J connectivity index is 2.00. The summed E-state index contributed by atoms with van der Waals surface area (Å²) in [5.41, 5.74) is 3.23. The molecule has 1 heterocycles. The summed E-state index contributed by atoms with van der Waals surface area (Å²) in [5, 5.41) is 4.43. The molecule has 1 aromatic heterocycles. The predicted octanol–water partition coefficient (Wildman–Crippen LogP) is 2.70. The van der Waals surface area contributed by atoms with E-state index in [2.05, 4.69) is 15.3 Å². The van der Waals surface area contributed by atoms with Gasteiger partial charge >= 0.3 is 0 Å². The van der Waals surface area contributed by atoms with Crippen LogP contribution in [0.3, 0.4) is 0 Å². The van der Waals surface area contributed by atoms with Crippen molar-refractivity contribution in [3.8, 4) is 11.3 Å². The molecule has 0 saturated heterocycles. The molecule has 1 aromatic carbocycles. The highest BCUT2D eigenvalue weighted by atomic mass is 35.5. The molecule has 1 N–H and O–H groups in total. The number of halogens is 1. The van der Waals surface area contributed by atoms with Gasteiger partial charge in [0.1, 0.15) is 18.1 Å². The molecule has 5 nitrogen and oxygen atoms in total. The van der Waals surface area contributed by atoms with Crippen molar-refractivity contribution in [2.24, 2.45) is 5.10 Å². The lowest BCUT2D eigenvalue weighted by Gasteiger charge is -1.97. The van der Waals surface area contributed by atoms with E-state index in [-0.39, 0.29) is 12.5 Å². The summed E-state index contributed by atoms with van der Waals surface area (Å²) < 4.78 is 10.2. The zero-order valence-corrected chi connectivity index (χ0v) is 11.6. The summed E-state index contributed by atoms with van der Waals surface area (Å²) >= 11 is 5.83. The van der Waals surface area contributed by atoms with Gasteiger partial charge in [-0.2, -0.15) is 5.10 Å². The Morgan fingerprint density at radius 3 is 2.80 bits per heavy atom. The average Bonchev–Trinajstić information content (AvgIpc) is 2.89. The molecule has 0 atom stereocenters. The Kier molecular flexibility index (Phi) is 4.92. The second-order valence-electron chi connectivity index (χ2n) is 3.94. The zero-order chi connectivity index (χ0) is 14.4. The fourth-order valence-corrected chi connectivity index (χ4v) is 1.65. The monoisotopic (exact) mass is 292 g/mol. The number of benzene rings is 1. The van der Waals surface area contributed by atoms with Gasteiger partial charge in [0.15, 0.2) is 0 Å². The Morgan fingerprint density at radius 2 is 2.10 bits per heavy atom. The Bertz CT molecular complexity index is 605. The predicted molar refractivity (Wildman–Crippen MR) is 76.8 cm³/mol. The third-order valence-electron chi connectivity index (χ3n) is 2.41. The number of rotatable bonds is 5. The molecular formula is C14H13ClN2O3. The molecular weight excluding hydrogens is 280 g/mol. The standard InChI is InChI=1S/C14H13ClN2O3/c1-19-9-14(18)17-16-8-12-6-7-13(20-12)10-2-4-11(15)5-3-10/h2-8H,9H2,1H3,(H,17,18)/b16-8+. The third-order valence-corrected chi connectivity index (χ3v) is 2.66. The van der Waals surface area contributed by atoms with Crippen LogP contribution in [0.25, 0.3) is 11.3 Å². The number of furan rings is 1. The quantitative estimate of drug-likeness (QED) is 0.681. The number of hydrazone groups is 1. The van der Waals surface area contributed by atoms with Gasteiger partial charge in [-0.25, -0.2) is 5.43 Å². The molecule has 6 heteroatoms. The molecule has 0 spiro atoms. The molecule has 104 valence electrons. The highest BCUT2D eigenvalue weighted by Gasteiger charge is 2.03. The van der Waals surface area contributed by atoms with Crippen molar-refractivity contribution in [1.82, 2.24) is 5.43 Å². The van der Waals surface area contributed by atoms with Gasteiger partial charge in [-0.1, -0.05) is 11.6 Å². The van der Waals surface area contributed by atoms with Crippen LogP contribution in [0.2, 0.25) is 5.02 Å². The summed E-state index contributed by atoms with van der Waals surface area (Å²) in [7, 11) is 1.44. The van der Waals surface area contributed by atoms with E-state index in [1.54, 1.807) is 18.2 Å². The molecule has 2 aromatic rings. The van der Waals surface area contributed by atoms with Crippen LogP contribution >= 0.6 is 11.6 Å². The number of methoxy groups -OCH3 is 1. The number of hydrogen-bond donors (Lipinski definition) is 1. The molecule has 0 aliphatic carbocycles. The highest BCUT2D eigenvalue weighted by molar-refractivity contribution is 6.30. The largest absolute Gasteiger partial charge is 0.455 e. The van der Waals surface area contributed by atoms with E-state index in [0.717, 1.165) is 5.56 Å². The lowest BCUT2D eigenvalue weighted by atomic mass is 10.2. The SMILES string of the molecule is COCC(=O)N/N=C/c1ccc(-c2ccc(Cl)cc2)o1. The number of hydrogen-bond acceptors (Lipinski definition) is 4. The molecule has 0 aliphatic rings. The summed E-state index contributed by atoms with van der Waals surface area (Å²) in [6.07, 6.45) is 1.42. The maximum absolute atomic E-state index is 11.1. The van der Waals surface area contributed by atoms with Crippen molar-refractivity contribution in [3.05, 3.63) is 47.2 Å². The van der Waals surface area contributed by atoms with Crippen LogP contribution in [-0.4, -0.2) is 25.8 Å². The molecule has 20 heavy (non-hydrogen) atoms. The van der Waals surface area contributed by atoms with Crippen LogP contribution in [0.5, 0.6) is 0 Å². The van der Waals surface area contributed by atoms with Crippen LogP contribution in [0.1, 0.15) is 5.76 Å². The Hall–Kier alpha value is -2.11. The number of nitrogens with one attached hydrogen (secondary N) is 1. The van der Waals surface area contributed by atoms with Crippen molar-refractivity contribution in [1.29, 1.82) is 0 Å². The van der Waals surface area contributed by atoms with E-state index in [0.29, 0.717) is 16.5 Å². The maximum atomic E-state index is 11.1. The summed E-state index contributed by atoms with van der Waals surface area (Å²) in [5.74, 6) is 0.909. The Labute approximate surface area is 121 Å². The molecule has 0 radical (unpaired) electrons. The van der Waals surface area contributed by atoms with Crippen LogP contribution < -0.4 is 5.43 Å². The summed E-state index contributed by atoms with van der Waals surface area (Å²) in [4.78, 5) is 11.1. The van der Waals surface area contributed by atoms with Crippen molar-refractivity contribution in [2.45, 2.75) is 0 Å². The van der Waals surface area contributed by atoms with Gasteiger partial charge in [-0.3, -0.25) is 4.79 Å². The minimum atomic E-state index is -0.326. The average molecular weight is 293 g/mol. The zero-order valence-electron chi connectivity index (χ0n) is 10.8. The summed E-state index contributed by atoms with van der Waals surface area (Å²) in [6, 6.07) is 10.9. The van der Waals surface area contributed by atoms with Gasteiger partial charge in [-0.15, -0.1) is 0 Å². The first-order valence-electron chi connectivity index (χ1n) is 5.85. The van der Waals surface area contributed by atoms with Gasteiger partial charge in [0, 0.05) is 17.7 Å². The number of carbonyl (C=O) groups excluding carboxylic acids is 1. The van der Waals surface area contributed by atoms with Crippen LogP contribution in [0.15, 0.2) is 45.9 Å². The molecule has 0 unspecified atom stereocenters. The highest BCUT2D eigenvalue weighted by Crippen LogP contribution is 2.23. The van der Waals surface area contributed by atoms with Gasteiger partial charge in [0.2, 0.25) is 0 Å². The van der Waals surface area contributed by atoms with Gasteiger partial charge in [0.25, 0.3) is 5.91 Å². The van der Waals surface area contributed by atoms with E-state index in [1.165, 1.54) is 13.3 Å². The summed E-state index contributed by atoms with van der Waals surface area (Å²) in [6.45, 7) is -0.0362. The van der Waals surface area contributed by atoms with Crippen LogP contribution in [0.4, 0.5) is 0 Å². The van der Waals surface area contributed by atoms with E-state index in [1.807, 2.05) is 18.2 Å². The minimum absolute atomic E-state index is 0.0362. The van der Waals surface area contributed by atoms with Gasteiger partial charge < -0.3 is 9.15 Å². The number of carbonyl (C=O) groups is 1. The van der Waals surface area contributed by atoms with Gasteiger partial charge in [-0.05, 0) is 36.4 Å². The first kappa shape index (κ1) is 14.3. The fraction of sp³-hybridized carbons (Fsp3) is 0.143. The molecule has 1 amide bonds. The third kappa shape index (κ3) is 3.94. The molecule has 0 bridgehead atoms. The van der Waals surface area contributed by atoms with E-state index in [9.17, 15) is 4.79 Å². The van der Waals surface area contributed by atoms with Crippen LogP contribution in [0, 0.1) is 0 Å². The fourth-order valence-electron chi connectivity index (χ4n) is 1.52. The second-order valence-corrected chi connectivity index (χ2v) is 4.37. The molecule has 0 saturated carbocycles. The number of nitrogens with zero attached hydrogens (tertiary/aromatic N) is 1. The first-order chi connectivity index (χ1) is 9.69. The van der Waals surface area contributed by atoms with E-state index >= 15 is 0 Å². The van der Waals surface area contributed by atoms with Crippen molar-refractivity contribution in [2.75, 3.05) is 13.7 Å². The van der Waals surface area contributed by atoms with Crippen molar-refractivity contribution >= 4 is 23.7 Å². The van der Waals surface area contributed by atoms with Crippen molar-refractivity contribution < 1.29 is 13.9 Å². The lowest BCUT2D eigenvalue weighted by molar-refractivity contribution is -0.124. The Morgan fingerprint density at radius 1 is 1.35 bits per heavy atom. The maximum Gasteiger partial charge on any atom is 0.266 e.